The van der Waals surface area contributed by atoms with Crippen molar-refractivity contribution in [2.24, 2.45) is 0 Å². The zero-order chi connectivity index (χ0) is 11.7. The third-order valence-electron chi connectivity index (χ3n) is 2.48. The summed E-state index contributed by atoms with van der Waals surface area (Å²) in [5, 5.41) is 12.4. The zero-order valence-corrected chi connectivity index (χ0v) is 10.0. The van der Waals surface area contributed by atoms with Crippen LogP contribution in [-0.2, 0) is 11.2 Å². The molecule has 16 heavy (non-hydrogen) atoms. The Kier molecular flexibility index (Phi) is 2.83. The maximum atomic E-state index is 11.6. The minimum Gasteiger partial charge on any atom is -0.508 e. The second kappa shape index (κ2) is 4.14. The normalized spacial score (nSPS) is 10.6. The SMILES string of the molecule is CN(C)C(=O)Cc1csc2ccc(O)cc12. The Morgan fingerprint density at radius 1 is 1.44 bits per heavy atom. The van der Waals surface area contributed by atoms with Gasteiger partial charge in [-0.2, -0.15) is 0 Å². The van der Waals surface area contributed by atoms with Crippen LogP contribution in [0.5, 0.6) is 5.75 Å². The number of hydrogen-bond donors (Lipinski definition) is 1. The number of nitrogens with zero attached hydrogens (tertiary/aromatic N) is 1. The van der Waals surface area contributed by atoms with E-state index in [-0.39, 0.29) is 11.7 Å². The maximum absolute atomic E-state index is 11.6. The molecule has 84 valence electrons. The number of rotatable bonds is 2. The van der Waals surface area contributed by atoms with Gasteiger partial charge in [0.1, 0.15) is 5.75 Å². The minimum atomic E-state index is 0.0723. The Balaban J connectivity index is 2.38. The van der Waals surface area contributed by atoms with Gasteiger partial charge in [-0.25, -0.2) is 0 Å². The number of phenolic OH excluding ortho intramolecular Hbond substituents is 1. The molecular formula is C12H13NO2S. The molecule has 0 saturated carbocycles. The molecule has 0 bridgehead atoms. The molecule has 2 aromatic rings. The molecule has 0 unspecified atom stereocenters. The lowest BCUT2D eigenvalue weighted by Gasteiger charge is -2.09. The molecule has 1 aromatic heterocycles. The molecule has 0 saturated heterocycles. The Labute approximate surface area is 97.9 Å². The van der Waals surface area contributed by atoms with Gasteiger partial charge in [0, 0.05) is 18.8 Å². The van der Waals surface area contributed by atoms with Gasteiger partial charge in [0.25, 0.3) is 0 Å². The van der Waals surface area contributed by atoms with E-state index < -0.39 is 0 Å². The predicted molar refractivity (Wildman–Crippen MR) is 65.9 cm³/mol. The zero-order valence-electron chi connectivity index (χ0n) is 9.23. The van der Waals surface area contributed by atoms with Crippen LogP contribution in [0.4, 0.5) is 0 Å². The maximum Gasteiger partial charge on any atom is 0.226 e. The highest BCUT2D eigenvalue weighted by atomic mass is 32.1. The molecule has 1 aromatic carbocycles. The predicted octanol–water partition coefficient (Wildman–Crippen LogP) is 2.24. The van der Waals surface area contributed by atoms with Gasteiger partial charge < -0.3 is 10.0 Å². The second-order valence-electron chi connectivity index (χ2n) is 3.91. The average Bonchev–Trinajstić information content (AvgIpc) is 2.61. The fraction of sp³-hybridized carbons (Fsp3) is 0.250. The fourth-order valence-electron chi connectivity index (χ4n) is 1.53. The second-order valence-corrected chi connectivity index (χ2v) is 4.82. The summed E-state index contributed by atoms with van der Waals surface area (Å²) >= 11 is 1.59. The van der Waals surface area contributed by atoms with E-state index >= 15 is 0 Å². The first kappa shape index (κ1) is 11.0. The number of likely N-dealkylation sites (N-methyl/N-ethyl adjacent to an activating group) is 1. The molecule has 1 amide bonds. The van der Waals surface area contributed by atoms with E-state index in [1.165, 1.54) is 0 Å². The van der Waals surface area contributed by atoms with Crippen molar-refractivity contribution >= 4 is 27.3 Å². The molecule has 0 aliphatic rings. The summed E-state index contributed by atoms with van der Waals surface area (Å²) in [5.41, 5.74) is 0.981. The van der Waals surface area contributed by atoms with Crippen LogP contribution in [0.25, 0.3) is 10.1 Å². The van der Waals surface area contributed by atoms with Crippen molar-refractivity contribution < 1.29 is 9.90 Å². The number of thiophene rings is 1. The fourth-order valence-corrected chi connectivity index (χ4v) is 2.47. The molecule has 4 heteroatoms. The molecule has 0 atom stereocenters. The van der Waals surface area contributed by atoms with Crippen LogP contribution in [-0.4, -0.2) is 30.0 Å². The average molecular weight is 235 g/mol. The van der Waals surface area contributed by atoms with E-state index in [9.17, 15) is 9.90 Å². The van der Waals surface area contributed by atoms with Crippen LogP contribution in [0.15, 0.2) is 23.6 Å². The number of fused-ring (bicyclic) bond motifs is 1. The van der Waals surface area contributed by atoms with Crippen LogP contribution in [0, 0.1) is 0 Å². The van der Waals surface area contributed by atoms with E-state index in [1.54, 1.807) is 42.5 Å². The van der Waals surface area contributed by atoms with Gasteiger partial charge in [0.2, 0.25) is 5.91 Å². The minimum absolute atomic E-state index is 0.0723. The molecule has 1 N–H and O–H groups in total. The quantitative estimate of drug-likeness (QED) is 0.867. The summed E-state index contributed by atoms with van der Waals surface area (Å²) < 4.78 is 1.10. The lowest BCUT2D eigenvalue weighted by molar-refractivity contribution is -0.127. The summed E-state index contributed by atoms with van der Waals surface area (Å²) in [4.78, 5) is 13.2. The molecule has 0 aliphatic carbocycles. The van der Waals surface area contributed by atoms with Crippen molar-refractivity contribution in [1.82, 2.24) is 4.90 Å². The number of carbonyl (C=O) groups excluding carboxylic acids is 1. The van der Waals surface area contributed by atoms with E-state index in [1.807, 2.05) is 11.4 Å². The Morgan fingerprint density at radius 3 is 2.88 bits per heavy atom. The highest BCUT2D eigenvalue weighted by Crippen LogP contribution is 2.29. The lowest BCUT2D eigenvalue weighted by atomic mass is 10.1. The van der Waals surface area contributed by atoms with Gasteiger partial charge >= 0.3 is 0 Å². The topological polar surface area (TPSA) is 40.5 Å². The molecule has 1 heterocycles. The van der Waals surface area contributed by atoms with Crippen molar-refractivity contribution in [2.45, 2.75) is 6.42 Å². The summed E-state index contributed by atoms with van der Waals surface area (Å²) in [6.07, 6.45) is 0.385. The molecular weight excluding hydrogens is 222 g/mol. The molecule has 3 nitrogen and oxygen atoms in total. The van der Waals surface area contributed by atoms with Gasteiger partial charge in [-0.1, -0.05) is 0 Å². The summed E-state index contributed by atoms with van der Waals surface area (Å²) in [6, 6.07) is 5.25. The largest absolute Gasteiger partial charge is 0.508 e. The third-order valence-corrected chi connectivity index (χ3v) is 3.49. The summed E-state index contributed by atoms with van der Waals surface area (Å²) in [6.45, 7) is 0. The number of amides is 1. The van der Waals surface area contributed by atoms with Crippen molar-refractivity contribution in [1.29, 1.82) is 0 Å². The van der Waals surface area contributed by atoms with Crippen molar-refractivity contribution in [3.8, 4) is 5.75 Å². The molecule has 2 rings (SSSR count). The number of aromatic hydroxyl groups is 1. The van der Waals surface area contributed by atoms with Crippen LogP contribution in [0.1, 0.15) is 5.56 Å². The van der Waals surface area contributed by atoms with Crippen molar-refractivity contribution in [2.75, 3.05) is 14.1 Å². The van der Waals surface area contributed by atoms with Crippen LogP contribution in [0.3, 0.4) is 0 Å². The number of phenols is 1. The first-order valence-corrected chi connectivity index (χ1v) is 5.85. The monoisotopic (exact) mass is 235 g/mol. The van der Waals surface area contributed by atoms with E-state index in [0.29, 0.717) is 6.42 Å². The highest BCUT2D eigenvalue weighted by Gasteiger charge is 2.10. The smallest absolute Gasteiger partial charge is 0.226 e. The molecule has 0 spiro atoms. The van der Waals surface area contributed by atoms with Crippen LogP contribution in [0.2, 0.25) is 0 Å². The van der Waals surface area contributed by atoms with Gasteiger partial charge in [-0.15, -0.1) is 11.3 Å². The Morgan fingerprint density at radius 2 is 2.19 bits per heavy atom. The van der Waals surface area contributed by atoms with E-state index in [2.05, 4.69) is 0 Å². The summed E-state index contributed by atoms with van der Waals surface area (Å²) in [7, 11) is 3.49. The summed E-state index contributed by atoms with van der Waals surface area (Å²) in [5.74, 6) is 0.312. The van der Waals surface area contributed by atoms with Gasteiger partial charge in [0.05, 0.1) is 6.42 Å². The Bertz CT molecular complexity index is 531. The van der Waals surface area contributed by atoms with Crippen molar-refractivity contribution in [3.63, 3.8) is 0 Å². The number of benzene rings is 1. The first-order valence-electron chi connectivity index (χ1n) is 4.97. The van der Waals surface area contributed by atoms with Crippen LogP contribution < -0.4 is 0 Å². The van der Waals surface area contributed by atoms with Crippen molar-refractivity contribution in [3.05, 3.63) is 29.1 Å². The lowest BCUT2D eigenvalue weighted by Crippen LogP contribution is -2.23. The molecule has 0 radical (unpaired) electrons. The molecule has 0 aliphatic heterocycles. The highest BCUT2D eigenvalue weighted by molar-refractivity contribution is 7.17. The first-order chi connectivity index (χ1) is 7.58. The van der Waals surface area contributed by atoms with Gasteiger partial charge in [0.15, 0.2) is 0 Å². The van der Waals surface area contributed by atoms with Gasteiger partial charge in [-0.05, 0) is 34.5 Å². The Hall–Kier alpha value is -1.55. The number of carbonyl (C=O) groups is 1. The third kappa shape index (κ3) is 2.02. The van der Waals surface area contributed by atoms with Crippen LogP contribution >= 0.6 is 11.3 Å². The standard InChI is InChI=1S/C12H13NO2S/c1-13(2)12(15)5-8-7-16-11-4-3-9(14)6-10(8)11/h3-4,6-7,14H,5H2,1-2H3. The van der Waals surface area contributed by atoms with Gasteiger partial charge in [-0.3, -0.25) is 4.79 Å². The number of hydrogen-bond acceptors (Lipinski definition) is 3. The van der Waals surface area contributed by atoms with E-state index in [4.69, 9.17) is 0 Å². The van der Waals surface area contributed by atoms with E-state index in [0.717, 1.165) is 15.6 Å². The molecule has 0 fully saturated rings.